The SMILES string of the molecule is Cc1cnn(C2CN3CCC2C3)n1.Cl. The van der Waals surface area contributed by atoms with E-state index < -0.39 is 0 Å². The Kier molecular flexibility index (Phi) is 2.49. The molecule has 3 rings (SSSR count). The van der Waals surface area contributed by atoms with Gasteiger partial charge in [0.2, 0.25) is 0 Å². The van der Waals surface area contributed by atoms with Gasteiger partial charge in [-0.05, 0) is 25.8 Å². The molecule has 0 aliphatic carbocycles. The Morgan fingerprint density at radius 2 is 2.29 bits per heavy atom. The van der Waals surface area contributed by atoms with Crippen molar-refractivity contribution in [1.29, 1.82) is 0 Å². The first-order valence-electron chi connectivity index (χ1n) is 4.94. The van der Waals surface area contributed by atoms with Gasteiger partial charge in [-0.25, -0.2) is 0 Å². The number of hydrogen-bond acceptors (Lipinski definition) is 3. The van der Waals surface area contributed by atoms with E-state index in [1.807, 2.05) is 17.9 Å². The van der Waals surface area contributed by atoms with E-state index >= 15 is 0 Å². The monoisotopic (exact) mass is 214 g/mol. The third kappa shape index (κ3) is 1.42. The van der Waals surface area contributed by atoms with Crippen molar-refractivity contribution in [1.82, 2.24) is 19.9 Å². The van der Waals surface area contributed by atoms with Crippen molar-refractivity contribution in [3.63, 3.8) is 0 Å². The second-order valence-electron chi connectivity index (χ2n) is 4.18. The van der Waals surface area contributed by atoms with Crippen LogP contribution in [0.15, 0.2) is 6.20 Å². The quantitative estimate of drug-likeness (QED) is 0.696. The number of aryl methyl sites for hydroxylation is 1. The molecule has 0 N–H and O–H groups in total. The fourth-order valence-electron chi connectivity index (χ4n) is 2.53. The third-order valence-corrected chi connectivity index (χ3v) is 3.22. The van der Waals surface area contributed by atoms with Gasteiger partial charge in [0.15, 0.2) is 0 Å². The fraction of sp³-hybridized carbons (Fsp3) is 0.778. The van der Waals surface area contributed by atoms with Crippen LogP contribution in [0.2, 0.25) is 0 Å². The second kappa shape index (κ2) is 3.51. The highest BCUT2D eigenvalue weighted by Crippen LogP contribution is 2.35. The number of fused-ring (bicyclic) bond motifs is 2. The molecule has 2 aliphatic rings. The number of aromatic nitrogens is 3. The molecule has 0 aromatic carbocycles. The van der Waals surface area contributed by atoms with Crippen LogP contribution < -0.4 is 0 Å². The molecular weight excluding hydrogens is 200 g/mol. The topological polar surface area (TPSA) is 34.0 Å². The van der Waals surface area contributed by atoms with Gasteiger partial charge in [0, 0.05) is 13.1 Å². The molecule has 0 radical (unpaired) electrons. The maximum absolute atomic E-state index is 4.39. The van der Waals surface area contributed by atoms with Gasteiger partial charge in [-0.15, -0.1) is 12.4 Å². The summed E-state index contributed by atoms with van der Waals surface area (Å²) in [7, 11) is 0. The van der Waals surface area contributed by atoms with Crippen LogP contribution in [0.4, 0.5) is 0 Å². The lowest BCUT2D eigenvalue weighted by atomic mass is 10.0. The lowest BCUT2D eigenvalue weighted by Crippen LogP contribution is -2.27. The number of piperidine rings is 1. The van der Waals surface area contributed by atoms with E-state index in [1.165, 1.54) is 19.5 Å². The summed E-state index contributed by atoms with van der Waals surface area (Å²) in [5, 5.41) is 8.69. The molecule has 3 atom stereocenters. The average Bonchev–Trinajstić information content (AvgIpc) is 2.77. The maximum atomic E-state index is 4.39. The molecule has 0 amide bonds. The van der Waals surface area contributed by atoms with Crippen molar-refractivity contribution in [3.8, 4) is 0 Å². The lowest BCUT2D eigenvalue weighted by molar-refractivity contribution is 0.266. The van der Waals surface area contributed by atoms with Gasteiger partial charge in [0.05, 0.1) is 17.9 Å². The summed E-state index contributed by atoms with van der Waals surface area (Å²) in [5.74, 6) is 0.798. The molecular formula is C9H15ClN4. The number of hydrogen-bond donors (Lipinski definition) is 0. The molecule has 5 heteroatoms. The summed E-state index contributed by atoms with van der Waals surface area (Å²) in [6, 6.07) is 0.544. The Morgan fingerprint density at radius 1 is 1.43 bits per heavy atom. The number of nitrogens with zero attached hydrogens (tertiary/aromatic N) is 4. The van der Waals surface area contributed by atoms with Gasteiger partial charge in [-0.1, -0.05) is 0 Å². The van der Waals surface area contributed by atoms with Crippen LogP contribution in [0.3, 0.4) is 0 Å². The molecule has 3 heterocycles. The first-order chi connectivity index (χ1) is 6.33. The van der Waals surface area contributed by atoms with Gasteiger partial charge in [0.1, 0.15) is 0 Å². The van der Waals surface area contributed by atoms with E-state index in [-0.39, 0.29) is 12.4 Å². The Balaban J connectivity index is 0.000000750. The summed E-state index contributed by atoms with van der Waals surface area (Å²) >= 11 is 0. The van der Waals surface area contributed by atoms with E-state index in [2.05, 4.69) is 15.1 Å². The highest BCUT2D eigenvalue weighted by atomic mass is 35.5. The molecule has 2 aliphatic heterocycles. The lowest BCUT2D eigenvalue weighted by Gasteiger charge is -2.20. The first kappa shape index (κ1) is 9.93. The summed E-state index contributed by atoms with van der Waals surface area (Å²) in [6.45, 7) is 5.68. The smallest absolute Gasteiger partial charge is 0.0883 e. The minimum atomic E-state index is 0. The predicted octanol–water partition coefficient (Wildman–Crippen LogP) is 0.885. The van der Waals surface area contributed by atoms with Gasteiger partial charge in [-0.3, -0.25) is 0 Å². The van der Waals surface area contributed by atoms with Crippen LogP contribution in [0.1, 0.15) is 18.2 Å². The Labute approximate surface area is 89.7 Å². The van der Waals surface area contributed by atoms with Crippen molar-refractivity contribution < 1.29 is 0 Å². The van der Waals surface area contributed by atoms with Crippen molar-refractivity contribution in [2.24, 2.45) is 5.92 Å². The van der Waals surface area contributed by atoms with E-state index in [0.717, 1.165) is 18.2 Å². The van der Waals surface area contributed by atoms with Gasteiger partial charge >= 0.3 is 0 Å². The standard InChI is InChI=1S/C9H14N4.ClH/c1-7-4-10-13(11-7)9-6-12-3-2-8(9)5-12;/h4,8-9H,2-3,5-6H2,1H3;1H. The number of rotatable bonds is 1. The zero-order valence-corrected chi connectivity index (χ0v) is 9.07. The van der Waals surface area contributed by atoms with Crippen LogP contribution >= 0.6 is 12.4 Å². The van der Waals surface area contributed by atoms with E-state index in [9.17, 15) is 0 Å². The molecule has 2 saturated heterocycles. The molecule has 2 fully saturated rings. The highest BCUT2D eigenvalue weighted by molar-refractivity contribution is 5.85. The molecule has 2 bridgehead atoms. The Hall–Kier alpha value is -0.610. The third-order valence-electron chi connectivity index (χ3n) is 3.22. The van der Waals surface area contributed by atoms with E-state index in [4.69, 9.17) is 0 Å². The molecule has 4 nitrogen and oxygen atoms in total. The van der Waals surface area contributed by atoms with Crippen LogP contribution in [0.25, 0.3) is 0 Å². The van der Waals surface area contributed by atoms with Gasteiger partial charge < -0.3 is 4.90 Å². The largest absolute Gasteiger partial charge is 0.301 e. The van der Waals surface area contributed by atoms with Gasteiger partial charge in [-0.2, -0.15) is 15.0 Å². The fourth-order valence-corrected chi connectivity index (χ4v) is 2.53. The molecule has 0 spiro atoms. The van der Waals surface area contributed by atoms with Crippen molar-refractivity contribution in [2.75, 3.05) is 19.6 Å². The molecule has 78 valence electrons. The van der Waals surface area contributed by atoms with Crippen LogP contribution in [-0.4, -0.2) is 39.5 Å². The van der Waals surface area contributed by atoms with Crippen molar-refractivity contribution in [2.45, 2.75) is 19.4 Å². The van der Waals surface area contributed by atoms with Crippen molar-refractivity contribution in [3.05, 3.63) is 11.9 Å². The summed E-state index contributed by atoms with van der Waals surface area (Å²) in [5.41, 5.74) is 1.03. The summed E-state index contributed by atoms with van der Waals surface area (Å²) < 4.78 is 0. The zero-order chi connectivity index (χ0) is 8.84. The highest BCUT2D eigenvalue weighted by Gasteiger charge is 2.39. The normalized spacial score (nSPS) is 34.5. The second-order valence-corrected chi connectivity index (χ2v) is 4.18. The van der Waals surface area contributed by atoms with Crippen LogP contribution in [0, 0.1) is 12.8 Å². The summed E-state index contributed by atoms with van der Waals surface area (Å²) in [6.07, 6.45) is 3.17. The first-order valence-corrected chi connectivity index (χ1v) is 4.94. The molecule has 3 unspecified atom stereocenters. The van der Waals surface area contributed by atoms with Crippen LogP contribution in [0.5, 0.6) is 0 Å². The number of halogens is 1. The Morgan fingerprint density at radius 3 is 2.79 bits per heavy atom. The van der Waals surface area contributed by atoms with Gasteiger partial charge in [0.25, 0.3) is 0 Å². The zero-order valence-electron chi connectivity index (χ0n) is 8.26. The summed E-state index contributed by atoms with van der Waals surface area (Å²) in [4.78, 5) is 4.42. The average molecular weight is 215 g/mol. The van der Waals surface area contributed by atoms with Crippen molar-refractivity contribution >= 4 is 12.4 Å². The molecule has 0 saturated carbocycles. The predicted molar refractivity (Wildman–Crippen MR) is 55.6 cm³/mol. The molecule has 14 heavy (non-hydrogen) atoms. The Bertz CT molecular complexity index is 324. The van der Waals surface area contributed by atoms with Crippen LogP contribution in [-0.2, 0) is 0 Å². The molecule has 1 aromatic heterocycles. The minimum absolute atomic E-state index is 0. The minimum Gasteiger partial charge on any atom is -0.301 e. The van der Waals surface area contributed by atoms with E-state index in [1.54, 1.807) is 0 Å². The maximum Gasteiger partial charge on any atom is 0.0883 e. The van der Waals surface area contributed by atoms with E-state index in [0.29, 0.717) is 6.04 Å². The molecule has 1 aromatic rings.